The topological polar surface area (TPSA) is 85.6 Å². The fraction of sp³-hybridized carbons (Fsp3) is 0.150. The number of carbonyl (C=O) groups excluding carboxylic acids is 2. The normalized spacial score (nSPS) is 10.5. The molecule has 2 aromatic carbocycles. The summed E-state index contributed by atoms with van der Waals surface area (Å²) < 4.78 is 10.3. The largest absolute Gasteiger partial charge is 0.450 e. The van der Waals surface area contributed by atoms with Crippen LogP contribution in [0.4, 0.5) is 0 Å². The molecule has 0 bridgehead atoms. The minimum atomic E-state index is -0.855. The summed E-state index contributed by atoms with van der Waals surface area (Å²) in [7, 11) is 0. The standard InChI is InChI=1S/C20H17NO5S/c22-16-12-18(26-17-9-5-4-8-15(16)17)20(24)25-13-19(23)21-10-11-27-14-6-2-1-3-7-14/h1-9,12H,10-11,13H2,(H,21,23). The van der Waals surface area contributed by atoms with E-state index in [1.54, 1.807) is 36.0 Å². The maximum atomic E-state index is 12.0. The lowest BCUT2D eigenvalue weighted by atomic mass is 10.2. The maximum Gasteiger partial charge on any atom is 0.374 e. The Balaban J connectivity index is 1.46. The lowest BCUT2D eigenvalue weighted by molar-refractivity contribution is -0.124. The van der Waals surface area contributed by atoms with Crippen LogP contribution >= 0.6 is 11.8 Å². The molecule has 0 saturated heterocycles. The lowest BCUT2D eigenvalue weighted by Crippen LogP contribution is -2.30. The Labute approximate surface area is 159 Å². The van der Waals surface area contributed by atoms with E-state index in [4.69, 9.17) is 9.15 Å². The summed E-state index contributed by atoms with van der Waals surface area (Å²) in [6, 6.07) is 17.5. The summed E-state index contributed by atoms with van der Waals surface area (Å²) in [5, 5.41) is 3.05. The smallest absolute Gasteiger partial charge is 0.374 e. The van der Waals surface area contributed by atoms with E-state index in [2.05, 4.69) is 5.32 Å². The van der Waals surface area contributed by atoms with Crippen LogP contribution in [-0.2, 0) is 9.53 Å². The summed E-state index contributed by atoms with van der Waals surface area (Å²) in [5.74, 6) is -0.804. The third-order valence-corrected chi connectivity index (χ3v) is 4.62. The van der Waals surface area contributed by atoms with Gasteiger partial charge in [0, 0.05) is 23.3 Å². The van der Waals surface area contributed by atoms with Gasteiger partial charge in [0.25, 0.3) is 5.91 Å². The van der Waals surface area contributed by atoms with Gasteiger partial charge in [0.2, 0.25) is 5.76 Å². The number of esters is 1. The quantitative estimate of drug-likeness (QED) is 0.384. The minimum Gasteiger partial charge on any atom is -0.450 e. The molecule has 0 saturated carbocycles. The Morgan fingerprint density at radius 3 is 2.59 bits per heavy atom. The van der Waals surface area contributed by atoms with E-state index < -0.39 is 18.5 Å². The predicted molar refractivity (Wildman–Crippen MR) is 103 cm³/mol. The van der Waals surface area contributed by atoms with Crippen LogP contribution in [0.15, 0.2) is 74.8 Å². The fourth-order valence-electron chi connectivity index (χ4n) is 2.33. The average molecular weight is 383 g/mol. The third kappa shape index (κ3) is 5.21. The van der Waals surface area contributed by atoms with Crippen LogP contribution in [0.1, 0.15) is 10.6 Å². The van der Waals surface area contributed by atoms with Gasteiger partial charge in [-0.1, -0.05) is 30.3 Å². The first-order valence-corrected chi connectivity index (χ1v) is 9.26. The predicted octanol–water partition coefficient (Wildman–Crippen LogP) is 2.86. The van der Waals surface area contributed by atoms with Gasteiger partial charge >= 0.3 is 5.97 Å². The second kappa shape index (κ2) is 9.05. The highest BCUT2D eigenvalue weighted by Gasteiger charge is 2.15. The number of thioether (sulfide) groups is 1. The van der Waals surface area contributed by atoms with E-state index in [0.717, 1.165) is 11.0 Å². The first-order valence-electron chi connectivity index (χ1n) is 8.28. The summed E-state index contributed by atoms with van der Waals surface area (Å²) >= 11 is 1.61. The zero-order valence-electron chi connectivity index (χ0n) is 14.3. The van der Waals surface area contributed by atoms with E-state index in [1.807, 2.05) is 30.3 Å². The van der Waals surface area contributed by atoms with E-state index in [9.17, 15) is 14.4 Å². The Bertz CT molecular complexity index is 1000. The number of hydrogen-bond donors (Lipinski definition) is 1. The highest BCUT2D eigenvalue weighted by Crippen LogP contribution is 2.15. The molecule has 0 fully saturated rings. The Morgan fingerprint density at radius 1 is 1.04 bits per heavy atom. The van der Waals surface area contributed by atoms with Crippen LogP contribution in [0.3, 0.4) is 0 Å². The molecule has 1 amide bonds. The monoisotopic (exact) mass is 383 g/mol. The highest BCUT2D eigenvalue weighted by molar-refractivity contribution is 7.99. The van der Waals surface area contributed by atoms with Crippen molar-refractivity contribution in [2.24, 2.45) is 0 Å². The maximum absolute atomic E-state index is 12.0. The molecule has 0 spiro atoms. The van der Waals surface area contributed by atoms with Crippen molar-refractivity contribution in [1.29, 1.82) is 0 Å². The number of carbonyl (C=O) groups is 2. The lowest BCUT2D eigenvalue weighted by Gasteiger charge is -2.07. The van der Waals surface area contributed by atoms with E-state index in [0.29, 0.717) is 23.3 Å². The number of fused-ring (bicyclic) bond motifs is 1. The number of ether oxygens (including phenoxy) is 1. The first kappa shape index (κ1) is 18.7. The molecule has 6 nitrogen and oxygen atoms in total. The molecular weight excluding hydrogens is 366 g/mol. The average Bonchev–Trinajstić information content (AvgIpc) is 2.70. The van der Waals surface area contributed by atoms with E-state index >= 15 is 0 Å². The van der Waals surface area contributed by atoms with Crippen molar-refractivity contribution < 1.29 is 18.7 Å². The molecule has 1 heterocycles. The number of para-hydroxylation sites is 1. The van der Waals surface area contributed by atoms with Crippen LogP contribution in [0, 0.1) is 0 Å². The van der Waals surface area contributed by atoms with Gasteiger partial charge in [-0.15, -0.1) is 11.8 Å². The molecule has 1 aromatic heterocycles. The van der Waals surface area contributed by atoms with Crippen molar-refractivity contribution in [1.82, 2.24) is 5.32 Å². The van der Waals surface area contributed by atoms with Gasteiger partial charge in [-0.2, -0.15) is 0 Å². The minimum absolute atomic E-state index is 0.230. The molecule has 0 aliphatic rings. The summed E-state index contributed by atoms with van der Waals surface area (Å²) in [4.78, 5) is 36.9. The van der Waals surface area contributed by atoms with Gasteiger partial charge < -0.3 is 14.5 Å². The zero-order valence-corrected chi connectivity index (χ0v) is 15.2. The fourth-order valence-corrected chi connectivity index (χ4v) is 3.12. The number of benzene rings is 2. The summed E-state index contributed by atoms with van der Waals surface area (Å²) in [5.41, 5.74) is -0.0504. The second-order valence-corrected chi connectivity index (χ2v) is 6.73. The second-order valence-electron chi connectivity index (χ2n) is 5.56. The Kier molecular flexibility index (Phi) is 6.27. The molecule has 0 aliphatic heterocycles. The molecule has 1 N–H and O–H groups in total. The van der Waals surface area contributed by atoms with Gasteiger partial charge in [0.05, 0.1) is 5.39 Å². The number of nitrogens with one attached hydrogen (secondary N) is 1. The van der Waals surface area contributed by atoms with Gasteiger partial charge in [-0.25, -0.2) is 4.79 Å². The van der Waals surface area contributed by atoms with Gasteiger partial charge in [0.1, 0.15) is 5.58 Å². The first-order chi connectivity index (χ1) is 13.1. The summed E-state index contributed by atoms with van der Waals surface area (Å²) in [6.07, 6.45) is 0. The number of amides is 1. The summed E-state index contributed by atoms with van der Waals surface area (Å²) in [6.45, 7) is 0.00633. The third-order valence-electron chi connectivity index (χ3n) is 3.61. The van der Waals surface area contributed by atoms with Gasteiger partial charge in [-0.3, -0.25) is 9.59 Å². The molecule has 3 rings (SSSR count). The number of rotatable bonds is 7. The molecule has 0 atom stereocenters. The van der Waals surface area contributed by atoms with E-state index in [1.165, 1.54) is 0 Å². The highest BCUT2D eigenvalue weighted by atomic mass is 32.2. The van der Waals surface area contributed by atoms with Crippen molar-refractivity contribution in [2.75, 3.05) is 18.9 Å². The van der Waals surface area contributed by atoms with Crippen LogP contribution in [0.2, 0.25) is 0 Å². The van der Waals surface area contributed by atoms with Crippen molar-refractivity contribution >= 4 is 34.6 Å². The molecule has 7 heteroatoms. The molecule has 0 unspecified atom stereocenters. The molecule has 27 heavy (non-hydrogen) atoms. The van der Waals surface area contributed by atoms with E-state index in [-0.39, 0.29) is 11.2 Å². The van der Waals surface area contributed by atoms with Crippen molar-refractivity contribution in [3.05, 3.63) is 76.6 Å². The molecule has 138 valence electrons. The van der Waals surface area contributed by atoms with Crippen LogP contribution < -0.4 is 10.7 Å². The Morgan fingerprint density at radius 2 is 1.78 bits per heavy atom. The van der Waals surface area contributed by atoms with Crippen molar-refractivity contribution in [2.45, 2.75) is 4.90 Å². The molecule has 3 aromatic rings. The molecule has 0 aliphatic carbocycles. The van der Waals surface area contributed by atoms with Crippen LogP contribution in [0.5, 0.6) is 0 Å². The van der Waals surface area contributed by atoms with Gasteiger partial charge in [-0.05, 0) is 24.3 Å². The number of hydrogen-bond acceptors (Lipinski definition) is 6. The van der Waals surface area contributed by atoms with Crippen molar-refractivity contribution in [3.8, 4) is 0 Å². The van der Waals surface area contributed by atoms with Crippen LogP contribution in [0.25, 0.3) is 11.0 Å². The Hall–Kier alpha value is -3.06. The SMILES string of the molecule is O=C(COC(=O)c1cc(=O)c2ccccc2o1)NCCSc1ccccc1. The zero-order chi connectivity index (χ0) is 19.1. The molecule has 0 radical (unpaired) electrons. The van der Waals surface area contributed by atoms with Gasteiger partial charge in [0.15, 0.2) is 12.0 Å². The van der Waals surface area contributed by atoms with Crippen LogP contribution in [-0.4, -0.2) is 30.8 Å². The van der Waals surface area contributed by atoms with Crippen molar-refractivity contribution in [3.63, 3.8) is 0 Å². The molecular formula is C20H17NO5S.